The number of halogens is 3. The maximum atomic E-state index is 12.6. The highest BCUT2D eigenvalue weighted by atomic mass is 19.4. The number of alkyl halides is 3. The van der Waals surface area contributed by atoms with Gasteiger partial charge in [0.2, 0.25) is 0 Å². The van der Waals surface area contributed by atoms with E-state index in [0.717, 1.165) is 35.9 Å². The molecule has 3 aromatic carbocycles. The van der Waals surface area contributed by atoms with Gasteiger partial charge in [0, 0.05) is 23.9 Å². The number of hydrogen-bond donors (Lipinski definition) is 2. The number of anilines is 2. The minimum absolute atomic E-state index is 0.00778. The summed E-state index contributed by atoms with van der Waals surface area (Å²) in [5.41, 5.74) is 0.0529. The van der Waals surface area contributed by atoms with E-state index in [-0.39, 0.29) is 22.6 Å². The van der Waals surface area contributed by atoms with Crippen LogP contribution in [0.2, 0.25) is 0 Å². The van der Waals surface area contributed by atoms with E-state index in [4.69, 9.17) is 4.74 Å². The number of benzene rings is 3. The standard InChI is InChI=1S/C22H18F3N3O4/c1-32-18-9-2-14(3-10-18)13-26-19-11-4-15(12-20(19)28(30)31)21(29)27-17-7-5-16(6-8-17)22(23,24)25/h2-12,26H,13H2,1H3,(H,27,29). The Morgan fingerprint density at radius 1 is 1.03 bits per heavy atom. The number of ether oxygens (including phenoxy) is 1. The van der Waals surface area contributed by atoms with E-state index in [9.17, 15) is 28.1 Å². The summed E-state index contributed by atoms with van der Waals surface area (Å²) < 4.78 is 43.0. The largest absolute Gasteiger partial charge is 0.497 e. The molecule has 0 fully saturated rings. The summed E-state index contributed by atoms with van der Waals surface area (Å²) in [6.45, 7) is 0.307. The van der Waals surface area contributed by atoms with E-state index in [1.165, 1.54) is 12.1 Å². The molecule has 0 aliphatic rings. The molecule has 166 valence electrons. The molecule has 0 aliphatic carbocycles. The third-order valence-electron chi connectivity index (χ3n) is 4.57. The third-order valence-corrected chi connectivity index (χ3v) is 4.57. The third kappa shape index (κ3) is 5.54. The number of amides is 1. The van der Waals surface area contributed by atoms with Crippen molar-refractivity contribution in [3.05, 3.63) is 93.5 Å². The number of nitro groups is 1. The summed E-state index contributed by atoms with van der Waals surface area (Å²) in [7, 11) is 1.55. The lowest BCUT2D eigenvalue weighted by molar-refractivity contribution is -0.384. The lowest BCUT2D eigenvalue weighted by atomic mass is 10.1. The molecule has 0 aliphatic heterocycles. The zero-order valence-corrected chi connectivity index (χ0v) is 16.8. The van der Waals surface area contributed by atoms with Crippen LogP contribution in [0.25, 0.3) is 0 Å². The maximum Gasteiger partial charge on any atom is 0.416 e. The highest BCUT2D eigenvalue weighted by molar-refractivity contribution is 6.05. The quantitative estimate of drug-likeness (QED) is 0.371. The van der Waals surface area contributed by atoms with Crippen molar-refractivity contribution < 1.29 is 27.6 Å². The topological polar surface area (TPSA) is 93.5 Å². The van der Waals surface area contributed by atoms with Gasteiger partial charge in [-0.05, 0) is 54.1 Å². The monoisotopic (exact) mass is 445 g/mol. The lowest BCUT2D eigenvalue weighted by Crippen LogP contribution is -2.13. The normalized spacial score (nSPS) is 11.0. The summed E-state index contributed by atoms with van der Waals surface area (Å²) in [4.78, 5) is 23.3. The van der Waals surface area contributed by atoms with E-state index in [0.29, 0.717) is 12.3 Å². The van der Waals surface area contributed by atoms with Crippen LogP contribution in [-0.4, -0.2) is 17.9 Å². The molecule has 1 amide bonds. The van der Waals surface area contributed by atoms with E-state index in [1.807, 2.05) is 12.1 Å². The average Bonchev–Trinajstić information content (AvgIpc) is 2.77. The second-order valence-electron chi connectivity index (χ2n) is 6.72. The van der Waals surface area contributed by atoms with Gasteiger partial charge >= 0.3 is 6.18 Å². The maximum absolute atomic E-state index is 12.6. The Bertz CT molecular complexity index is 1110. The van der Waals surface area contributed by atoms with Crippen molar-refractivity contribution in [2.45, 2.75) is 12.7 Å². The van der Waals surface area contributed by atoms with Crippen molar-refractivity contribution in [1.82, 2.24) is 0 Å². The number of nitro benzene ring substituents is 1. The molecule has 0 saturated carbocycles. The van der Waals surface area contributed by atoms with E-state index in [2.05, 4.69) is 10.6 Å². The van der Waals surface area contributed by atoms with Gasteiger partial charge in [-0.15, -0.1) is 0 Å². The molecule has 0 radical (unpaired) electrons. The first-order valence-electron chi connectivity index (χ1n) is 9.31. The van der Waals surface area contributed by atoms with Gasteiger partial charge in [0.05, 0.1) is 17.6 Å². The Labute approximate surface area is 181 Å². The van der Waals surface area contributed by atoms with Crippen molar-refractivity contribution in [3.63, 3.8) is 0 Å². The first-order valence-corrected chi connectivity index (χ1v) is 9.31. The van der Waals surface area contributed by atoms with Gasteiger partial charge in [-0.25, -0.2) is 0 Å². The van der Waals surface area contributed by atoms with E-state index in [1.54, 1.807) is 19.2 Å². The minimum Gasteiger partial charge on any atom is -0.497 e. The van der Waals surface area contributed by atoms with Crippen LogP contribution in [0.4, 0.5) is 30.2 Å². The first-order chi connectivity index (χ1) is 15.2. The fourth-order valence-electron chi connectivity index (χ4n) is 2.86. The molecule has 0 atom stereocenters. The molecule has 3 aromatic rings. The molecule has 0 saturated heterocycles. The highest BCUT2D eigenvalue weighted by Gasteiger charge is 2.30. The Morgan fingerprint density at radius 3 is 2.25 bits per heavy atom. The van der Waals surface area contributed by atoms with E-state index >= 15 is 0 Å². The van der Waals surface area contributed by atoms with Crippen LogP contribution in [0.1, 0.15) is 21.5 Å². The van der Waals surface area contributed by atoms with Crippen LogP contribution in [-0.2, 0) is 12.7 Å². The zero-order valence-electron chi connectivity index (χ0n) is 16.8. The Kier molecular flexibility index (Phi) is 6.62. The molecule has 0 heterocycles. The fourth-order valence-corrected chi connectivity index (χ4v) is 2.86. The van der Waals surface area contributed by atoms with Gasteiger partial charge in [0.25, 0.3) is 11.6 Å². The lowest BCUT2D eigenvalue weighted by Gasteiger charge is -2.11. The first kappa shape index (κ1) is 22.6. The SMILES string of the molecule is COc1ccc(CNc2ccc(C(=O)Nc3ccc(C(F)(F)F)cc3)cc2[N+](=O)[O-])cc1. The molecular weight excluding hydrogens is 427 g/mol. The average molecular weight is 445 g/mol. The molecule has 10 heteroatoms. The van der Waals surface area contributed by atoms with Crippen molar-refractivity contribution in [2.75, 3.05) is 17.7 Å². The molecule has 0 unspecified atom stereocenters. The Balaban J connectivity index is 1.72. The number of rotatable bonds is 7. The molecule has 2 N–H and O–H groups in total. The summed E-state index contributed by atoms with van der Waals surface area (Å²) in [6.07, 6.45) is -4.49. The van der Waals surface area contributed by atoms with Crippen LogP contribution in [0.15, 0.2) is 66.7 Å². The highest BCUT2D eigenvalue weighted by Crippen LogP contribution is 2.30. The predicted molar refractivity (Wildman–Crippen MR) is 113 cm³/mol. The Morgan fingerprint density at radius 2 is 1.69 bits per heavy atom. The van der Waals surface area contributed by atoms with Crippen LogP contribution in [0, 0.1) is 10.1 Å². The molecule has 32 heavy (non-hydrogen) atoms. The fraction of sp³-hybridized carbons (Fsp3) is 0.136. The molecular formula is C22H18F3N3O4. The van der Waals surface area contributed by atoms with Gasteiger partial charge in [-0.3, -0.25) is 14.9 Å². The number of carbonyl (C=O) groups excluding carboxylic acids is 1. The summed E-state index contributed by atoms with van der Waals surface area (Å²) in [5.74, 6) is -0.00212. The number of hydrogen-bond acceptors (Lipinski definition) is 5. The Hall–Kier alpha value is -4.08. The summed E-state index contributed by atoms with van der Waals surface area (Å²) in [5, 5.41) is 16.9. The van der Waals surface area contributed by atoms with Gasteiger partial charge < -0.3 is 15.4 Å². The van der Waals surface area contributed by atoms with Crippen LogP contribution in [0.5, 0.6) is 5.75 Å². The van der Waals surface area contributed by atoms with Crippen molar-refractivity contribution in [2.24, 2.45) is 0 Å². The number of nitrogens with one attached hydrogen (secondary N) is 2. The van der Waals surface area contributed by atoms with Crippen molar-refractivity contribution in [3.8, 4) is 5.75 Å². The molecule has 0 spiro atoms. The van der Waals surface area contributed by atoms with Gasteiger partial charge in [-0.2, -0.15) is 13.2 Å². The van der Waals surface area contributed by atoms with Crippen molar-refractivity contribution in [1.29, 1.82) is 0 Å². The number of nitrogens with zero attached hydrogens (tertiary/aromatic N) is 1. The number of methoxy groups -OCH3 is 1. The summed E-state index contributed by atoms with van der Waals surface area (Å²) >= 11 is 0. The molecule has 0 bridgehead atoms. The van der Waals surface area contributed by atoms with Gasteiger partial charge in [0.1, 0.15) is 11.4 Å². The van der Waals surface area contributed by atoms with Gasteiger partial charge in [0.15, 0.2) is 0 Å². The van der Waals surface area contributed by atoms with Gasteiger partial charge in [-0.1, -0.05) is 12.1 Å². The smallest absolute Gasteiger partial charge is 0.416 e. The second kappa shape index (κ2) is 9.38. The summed E-state index contributed by atoms with van der Waals surface area (Å²) in [6, 6.07) is 14.9. The zero-order chi connectivity index (χ0) is 23.3. The number of carbonyl (C=O) groups is 1. The second-order valence-corrected chi connectivity index (χ2v) is 6.72. The molecule has 0 aromatic heterocycles. The van der Waals surface area contributed by atoms with Crippen LogP contribution < -0.4 is 15.4 Å². The molecule has 7 nitrogen and oxygen atoms in total. The van der Waals surface area contributed by atoms with E-state index < -0.39 is 22.6 Å². The van der Waals surface area contributed by atoms with Crippen LogP contribution in [0.3, 0.4) is 0 Å². The van der Waals surface area contributed by atoms with Crippen molar-refractivity contribution >= 4 is 23.0 Å². The predicted octanol–water partition coefficient (Wildman–Crippen LogP) is 5.49. The minimum atomic E-state index is -4.49. The van der Waals surface area contributed by atoms with Crippen LogP contribution >= 0.6 is 0 Å². The molecule has 3 rings (SSSR count).